The Labute approximate surface area is 117 Å². The Balaban J connectivity index is 2.62. The van der Waals surface area contributed by atoms with Gasteiger partial charge in [-0.2, -0.15) is 26.3 Å². The smallest absolute Gasteiger partial charge is 0.166 e. The first-order valence-corrected chi connectivity index (χ1v) is 5.84. The number of alkyl halides is 6. The van der Waals surface area contributed by atoms with E-state index in [1.807, 2.05) is 0 Å². The minimum absolute atomic E-state index is 0.108. The molecular weight excluding hydrogens is 354 g/mol. The van der Waals surface area contributed by atoms with Crippen molar-refractivity contribution in [1.82, 2.24) is 5.43 Å². The van der Waals surface area contributed by atoms with Crippen LogP contribution in [0.5, 0.6) is 0 Å². The zero-order chi connectivity index (χ0) is 15.1. The van der Waals surface area contributed by atoms with E-state index in [-0.39, 0.29) is 10.0 Å². The first-order chi connectivity index (χ1) is 9.12. The van der Waals surface area contributed by atoms with E-state index in [9.17, 15) is 26.3 Å². The van der Waals surface area contributed by atoms with Crippen molar-refractivity contribution in [2.75, 3.05) is 0 Å². The molecule has 1 heterocycles. The lowest BCUT2D eigenvalue weighted by Crippen LogP contribution is -2.26. The Kier molecular flexibility index (Phi) is 3.57. The molecule has 1 radical (unpaired) electrons. The van der Waals surface area contributed by atoms with Crippen molar-refractivity contribution < 1.29 is 26.3 Å². The Bertz CT molecular complexity index is 600. The number of halogens is 7. The van der Waals surface area contributed by atoms with Gasteiger partial charge in [-0.05, 0) is 6.07 Å². The van der Waals surface area contributed by atoms with Crippen LogP contribution in [0.15, 0.2) is 45.1 Å². The number of hydrogen-bond acceptors (Lipinski definition) is 1. The maximum atomic E-state index is 12.9. The molecule has 0 atom stereocenters. The van der Waals surface area contributed by atoms with E-state index in [0.29, 0.717) is 0 Å². The molecule has 0 N–H and O–H groups in total. The molecule has 0 aromatic heterocycles. The molecule has 1 aromatic carbocycles. The lowest BCUT2D eigenvalue weighted by molar-refractivity contribution is -0.114. The summed E-state index contributed by atoms with van der Waals surface area (Å²) in [7, 11) is 0. The number of nitrogens with zero attached hydrogens (tertiary/aromatic N) is 2. The lowest BCUT2D eigenvalue weighted by atomic mass is 10.0. The molecule has 20 heavy (non-hydrogen) atoms. The molecule has 0 aliphatic carbocycles. The molecule has 0 spiro atoms. The molecule has 1 aliphatic heterocycles. The first kappa shape index (κ1) is 14.9. The highest BCUT2D eigenvalue weighted by molar-refractivity contribution is 9.10. The van der Waals surface area contributed by atoms with E-state index in [1.165, 1.54) is 24.3 Å². The molecule has 0 bridgehead atoms. The average molecular weight is 358 g/mol. The van der Waals surface area contributed by atoms with Crippen LogP contribution in [-0.4, -0.2) is 18.1 Å². The van der Waals surface area contributed by atoms with Gasteiger partial charge in [0, 0.05) is 10.0 Å². The summed E-state index contributed by atoms with van der Waals surface area (Å²) in [5, 5.41) is 3.06. The highest BCUT2D eigenvalue weighted by Crippen LogP contribution is 2.41. The van der Waals surface area contributed by atoms with Crippen LogP contribution in [0, 0.1) is 0 Å². The SMILES string of the molecule is FC(F)(F)C1=C(C(F)(F)F)C(c2ccccc2Br)=N[N]1. The monoisotopic (exact) mass is 357 g/mol. The van der Waals surface area contributed by atoms with E-state index in [0.717, 1.165) is 0 Å². The molecule has 0 fully saturated rings. The zero-order valence-electron chi connectivity index (χ0n) is 9.35. The van der Waals surface area contributed by atoms with Crippen LogP contribution in [0.1, 0.15) is 5.56 Å². The summed E-state index contributed by atoms with van der Waals surface area (Å²) in [5.74, 6) is 0. The Morgan fingerprint density at radius 3 is 2.00 bits per heavy atom. The van der Waals surface area contributed by atoms with Gasteiger partial charge < -0.3 is 0 Å². The van der Waals surface area contributed by atoms with Gasteiger partial charge in [0.15, 0.2) is 5.70 Å². The average Bonchev–Trinajstić information content (AvgIpc) is 2.73. The van der Waals surface area contributed by atoms with Crippen molar-refractivity contribution in [2.24, 2.45) is 5.10 Å². The van der Waals surface area contributed by atoms with Crippen molar-refractivity contribution in [3.63, 3.8) is 0 Å². The molecule has 0 unspecified atom stereocenters. The van der Waals surface area contributed by atoms with Gasteiger partial charge in [0.2, 0.25) is 0 Å². The zero-order valence-corrected chi connectivity index (χ0v) is 10.9. The lowest BCUT2D eigenvalue weighted by Gasteiger charge is -2.14. The van der Waals surface area contributed by atoms with Crippen molar-refractivity contribution in [3.8, 4) is 0 Å². The number of benzene rings is 1. The summed E-state index contributed by atoms with van der Waals surface area (Å²) in [4.78, 5) is 0. The molecule has 0 saturated carbocycles. The summed E-state index contributed by atoms with van der Waals surface area (Å²) in [6.45, 7) is 0. The van der Waals surface area contributed by atoms with Crippen molar-refractivity contribution in [2.45, 2.75) is 12.4 Å². The minimum Gasteiger partial charge on any atom is -0.166 e. The molecule has 2 rings (SSSR count). The molecule has 1 aliphatic rings. The normalized spacial score (nSPS) is 16.2. The van der Waals surface area contributed by atoms with Crippen LogP contribution in [0.4, 0.5) is 26.3 Å². The molecule has 0 saturated heterocycles. The van der Waals surface area contributed by atoms with Crippen LogP contribution in [0.3, 0.4) is 0 Å². The Morgan fingerprint density at radius 2 is 1.50 bits per heavy atom. The minimum atomic E-state index is -5.22. The van der Waals surface area contributed by atoms with Crippen LogP contribution in [-0.2, 0) is 0 Å². The third kappa shape index (κ3) is 2.67. The standard InChI is InChI=1S/C11H4BrF6N2/c12-6-4-2-1-3-5(6)8-7(10(13,14)15)9(20-19-8)11(16,17)18/h1-4H. The van der Waals surface area contributed by atoms with Crippen LogP contribution in [0.25, 0.3) is 0 Å². The van der Waals surface area contributed by atoms with Crippen molar-refractivity contribution in [3.05, 3.63) is 45.6 Å². The second-order valence-corrected chi connectivity index (χ2v) is 4.60. The molecule has 0 amide bonds. The fourth-order valence-corrected chi connectivity index (χ4v) is 2.09. The van der Waals surface area contributed by atoms with E-state index in [4.69, 9.17) is 0 Å². The van der Waals surface area contributed by atoms with Gasteiger partial charge in [-0.3, -0.25) is 0 Å². The summed E-state index contributed by atoms with van der Waals surface area (Å²) in [5.41, 5.74) is -2.21. The first-order valence-electron chi connectivity index (χ1n) is 5.05. The van der Waals surface area contributed by atoms with Gasteiger partial charge >= 0.3 is 12.4 Å². The maximum Gasteiger partial charge on any atom is 0.435 e. The number of allylic oxidation sites excluding steroid dienone is 2. The number of hydrogen-bond donors (Lipinski definition) is 0. The van der Waals surface area contributed by atoms with Gasteiger partial charge in [0.25, 0.3) is 0 Å². The van der Waals surface area contributed by atoms with E-state index in [2.05, 4.69) is 26.5 Å². The second kappa shape index (κ2) is 4.80. The Hall–Kier alpha value is -1.51. The van der Waals surface area contributed by atoms with Gasteiger partial charge in [0.05, 0.1) is 0 Å². The predicted octanol–water partition coefficient (Wildman–Crippen LogP) is 4.15. The molecule has 107 valence electrons. The number of rotatable bonds is 1. The fraction of sp³-hybridized carbons (Fsp3) is 0.182. The summed E-state index contributed by atoms with van der Waals surface area (Å²) in [6.07, 6.45) is -10.4. The summed E-state index contributed by atoms with van der Waals surface area (Å²) >= 11 is 2.98. The highest BCUT2D eigenvalue weighted by Gasteiger charge is 2.52. The van der Waals surface area contributed by atoms with Crippen molar-refractivity contribution >= 4 is 21.6 Å². The van der Waals surface area contributed by atoms with Crippen LogP contribution < -0.4 is 5.43 Å². The van der Waals surface area contributed by atoms with Crippen LogP contribution in [0.2, 0.25) is 0 Å². The van der Waals surface area contributed by atoms with Gasteiger partial charge in [-0.1, -0.05) is 34.1 Å². The Morgan fingerprint density at radius 1 is 0.900 bits per heavy atom. The molecule has 2 nitrogen and oxygen atoms in total. The van der Waals surface area contributed by atoms with Gasteiger partial charge in [-0.15, -0.1) is 10.5 Å². The molecule has 1 aromatic rings. The van der Waals surface area contributed by atoms with Crippen molar-refractivity contribution in [1.29, 1.82) is 0 Å². The third-order valence-electron chi connectivity index (χ3n) is 2.40. The van der Waals surface area contributed by atoms with E-state index < -0.39 is 29.3 Å². The third-order valence-corrected chi connectivity index (χ3v) is 3.10. The largest absolute Gasteiger partial charge is 0.435 e. The second-order valence-electron chi connectivity index (χ2n) is 3.75. The van der Waals surface area contributed by atoms with E-state index >= 15 is 0 Å². The van der Waals surface area contributed by atoms with Gasteiger partial charge in [-0.25, -0.2) is 0 Å². The van der Waals surface area contributed by atoms with Crippen LogP contribution >= 0.6 is 15.9 Å². The molecular formula is C11H4BrF6N2. The van der Waals surface area contributed by atoms with Gasteiger partial charge in [0.1, 0.15) is 11.3 Å². The predicted molar refractivity (Wildman–Crippen MR) is 61.9 cm³/mol. The fourth-order valence-electron chi connectivity index (χ4n) is 1.62. The maximum absolute atomic E-state index is 12.9. The molecule has 9 heteroatoms. The highest BCUT2D eigenvalue weighted by atomic mass is 79.9. The summed E-state index contributed by atoms with van der Waals surface area (Å²) < 4.78 is 76.7. The topological polar surface area (TPSA) is 26.5 Å². The summed E-state index contributed by atoms with van der Waals surface area (Å²) in [6, 6.07) is 5.53. The van der Waals surface area contributed by atoms with E-state index in [1.54, 1.807) is 0 Å². The quantitative estimate of drug-likeness (QED) is 0.675.